The lowest BCUT2D eigenvalue weighted by Crippen LogP contribution is -2.23. The van der Waals surface area contributed by atoms with E-state index >= 15 is 0 Å². The first kappa shape index (κ1) is 19.5. The second-order valence-electron chi connectivity index (χ2n) is 8.85. The highest BCUT2D eigenvalue weighted by molar-refractivity contribution is 5.85. The smallest absolute Gasteiger partial charge is 0.166 e. The molecule has 3 aliphatic rings. The van der Waals surface area contributed by atoms with E-state index in [2.05, 4.69) is 45.1 Å². The maximum absolute atomic E-state index is 6.25. The van der Waals surface area contributed by atoms with Gasteiger partial charge >= 0.3 is 0 Å². The molecule has 5 rings (SSSR count). The summed E-state index contributed by atoms with van der Waals surface area (Å²) in [7, 11) is 0. The van der Waals surface area contributed by atoms with Gasteiger partial charge in [0.05, 0.1) is 5.71 Å². The third-order valence-electron chi connectivity index (χ3n) is 6.78. The fourth-order valence-corrected chi connectivity index (χ4v) is 5.14. The molecule has 6 nitrogen and oxygen atoms in total. The van der Waals surface area contributed by atoms with Gasteiger partial charge in [-0.05, 0) is 48.8 Å². The zero-order chi connectivity index (χ0) is 20.3. The molecule has 3 heterocycles. The van der Waals surface area contributed by atoms with Crippen molar-refractivity contribution in [2.45, 2.75) is 51.7 Å². The zero-order valence-corrected chi connectivity index (χ0v) is 17.7. The molecule has 30 heavy (non-hydrogen) atoms. The van der Waals surface area contributed by atoms with Gasteiger partial charge in [0.25, 0.3) is 0 Å². The zero-order valence-electron chi connectivity index (χ0n) is 17.7. The highest BCUT2D eigenvalue weighted by Crippen LogP contribution is 2.39. The number of nitrogens with zero attached hydrogens (tertiary/aromatic N) is 4. The molecule has 1 saturated heterocycles. The monoisotopic (exact) mass is 406 g/mol. The predicted octanol–water partition coefficient (Wildman–Crippen LogP) is 4.31. The first-order chi connectivity index (χ1) is 14.8. The summed E-state index contributed by atoms with van der Waals surface area (Å²) >= 11 is 0. The molecule has 0 N–H and O–H groups in total. The van der Waals surface area contributed by atoms with E-state index < -0.39 is 0 Å². The van der Waals surface area contributed by atoms with Gasteiger partial charge in [-0.1, -0.05) is 24.6 Å². The van der Waals surface area contributed by atoms with E-state index in [1.165, 1.54) is 37.9 Å². The maximum Gasteiger partial charge on any atom is 0.166 e. The minimum Gasteiger partial charge on any atom is -0.489 e. The van der Waals surface area contributed by atoms with Crippen LogP contribution in [0.15, 0.2) is 42.1 Å². The molecule has 2 fully saturated rings. The van der Waals surface area contributed by atoms with E-state index in [0.717, 1.165) is 53.8 Å². The Morgan fingerprint density at radius 3 is 2.63 bits per heavy atom. The average molecular weight is 407 g/mol. The molecule has 2 aliphatic heterocycles. The lowest BCUT2D eigenvalue weighted by molar-refractivity contribution is 0.0466. The number of likely N-dealkylation sites (tertiary alicyclic amines) is 1. The van der Waals surface area contributed by atoms with Crippen molar-refractivity contribution >= 4 is 5.71 Å². The first-order valence-corrected chi connectivity index (χ1v) is 11.2. The molecule has 1 unspecified atom stereocenters. The summed E-state index contributed by atoms with van der Waals surface area (Å²) in [6, 6.07) is 6.43. The summed E-state index contributed by atoms with van der Waals surface area (Å²) < 4.78 is 6.25. The Balaban J connectivity index is 1.32. The molecule has 1 aliphatic carbocycles. The summed E-state index contributed by atoms with van der Waals surface area (Å²) in [5, 5.41) is 4.15. The Kier molecular flexibility index (Phi) is 5.67. The fourth-order valence-electron chi connectivity index (χ4n) is 5.14. The van der Waals surface area contributed by atoms with E-state index in [1.807, 2.05) is 12.4 Å². The molecule has 0 spiro atoms. The Labute approximate surface area is 178 Å². The highest BCUT2D eigenvalue weighted by atomic mass is 16.7. The van der Waals surface area contributed by atoms with Crippen molar-refractivity contribution in [2.75, 3.05) is 19.7 Å². The summed E-state index contributed by atoms with van der Waals surface area (Å²) in [5.74, 6) is 2.72. The first-order valence-electron chi connectivity index (χ1n) is 11.2. The van der Waals surface area contributed by atoms with Crippen LogP contribution in [-0.4, -0.2) is 46.4 Å². The van der Waals surface area contributed by atoms with E-state index in [0.29, 0.717) is 6.61 Å². The Bertz CT molecular complexity index is 889. The summed E-state index contributed by atoms with van der Waals surface area (Å²) in [5.41, 5.74) is 4.51. The molecule has 1 aromatic heterocycles. The van der Waals surface area contributed by atoms with Crippen LogP contribution in [0.5, 0.6) is 5.75 Å². The van der Waals surface area contributed by atoms with Crippen LogP contribution in [0.2, 0.25) is 0 Å². The van der Waals surface area contributed by atoms with Gasteiger partial charge in [-0.3, -0.25) is 4.90 Å². The van der Waals surface area contributed by atoms with Crippen LogP contribution in [0.25, 0.3) is 11.1 Å². The molecule has 6 heteroatoms. The van der Waals surface area contributed by atoms with Gasteiger partial charge in [0.1, 0.15) is 18.7 Å². The molecule has 1 saturated carbocycles. The van der Waals surface area contributed by atoms with Crippen molar-refractivity contribution in [3.05, 3.63) is 42.5 Å². The maximum atomic E-state index is 6.25. The molecular formula is C24H30N4O2. The number of ether oxygens (including phenoxy) is 1. The number of fused-ring (bicyclic) bond motifs is 1. The predicted molar refractivity (Wildman–Crippen MR) is 116 cm³/mol. The lowest BCUT2D eigenvalue weighted by atomic mass is 10.0. The van der Waals surface area contributed by atoms with E-state index in [9.17, 15) is 0 Å². The molecular weight excluding hydrogens is 376 g/mol. The molecule has 0 amide bonds. The topological polar surface area (TPSA) is 59.8 Å². The average Bonchev–Trinajstić information content (AvgIpc) is 3.50. The molecule has 1 aromatic carbocycles. The van der Waals surface area contributed by atoms with Crippen LogP contribution in [0.4, 0.5) is 0 Å². The van der Waals surface area contributed by atoms with Gasteiger partial charge in [0, 0.05) is 49.6 Å². The second-order valence-corrected chi connectivity index (χ2v) is 8.85. The number of hydrogen-bond donors (Lipinski definition) is 0. The van der Waals surface area contributed by atoms with E-state index in [1.54, 1.807) is 6.33 Å². The minimum atomic E-state index is 0.0149. The fraction of sp³-hybridized carbons (Fsp3) is 0.542. The molecule has 0 bridgehead atoms. The Hall–Kier alpha value is -2.47. The Morgan fingerprint density at radius 2 is 1.90 bits per heavy atom. The van der Waals surface area contributed by atoms with Gasteiger partial charge in [-0.15, -0.1) is 0 Å². The molecule has 158 valence electrons. The number of rotatable bonds is 7. The normalized spacial score (nSPS) is 25.8. The molecule has 3 atom stereocenters. The van der Waals surface area contributed by atoms with Gasteiger partial charge in [0.2, 0.25) is 0 Å². The van der Waals surface area contributed by atoms with E-state index in [4.69, 9.17) is 9.57 Å². The number of benzene rings is 1. The van der Waals surface area contributed by atoms with Crippen molar-refractivity contribution in [2.24, 2.45) is 17.0 Å². The second kappa shape index (κ2) is 8.72. The summed E-state index contributed by atoms with van der Waals surface area (Å²) in [4.78, 5) is 16.5. The summed E-state index contributed by atoms with van der Waals surface area (Å²) in [6.45, 7) is 5.98. The quantitative estimate of drug-likeness (QED) is 0.686. The lowest BCUT2D eigenvalue weighted by Gasteiger charge is -2.21. The third-order valence-corrected chi connectivity index (χ3v) is 6.78. The van der Waals surface area contributed by atoms with Crippen LogP contribution in [-0.2, 0) is 11.4 Å². The largest absolute Gasteiger partial charge is 0.489 e. The number of oxime groups is 1. The van der Waals surface area contributed by atoms with Crippen LogP contribution < -0.4 is 4.74 Å². The third kappa shape index (κ3) is 4.19. The van der Waals surface area contributed by atoms with E-state index in [-0.39, 0.29) is 6.10 Å². The van der Waals surface area contributed by atoms with Crippen molar-refractivity contribution in [3.8, 4) is 16.9 Å². The van der Waals surface area contributed by atoms with Crippen LogP contribution >= 0.6 is 0 Å². The van der Waals surface area contributed by atoms with Crippen molar-refractivity contribution in [3.63, 3.8) is 0 Å². The summed E-state index contributed by atoms with van der Waals surface area (Å²) in [6.07, 6.45) is 11.3. The number of hydrogen-bond acceptors (Lipinski definition) is 6. The van der Waals surface area contributed by atoms with Crippen molar-refractivity contribution in [1.82, 2.24) is 14.9 Å². The molecule has 2 aromatic rings. The highest BCUT2D eigenvalue weighted by Gasteiger charge is 2.36. The Morgan fingerprint density at radius 1 is 1.10 bits per heavy atom. The SMILES string of the molecule is CCC1=NOC(COc2ccc(-c3cncnc3)cc2CN2C[C@H]3CCC[C@H]3C2)C1. The molecule has 0 radical (unpaired) electrons. The standard InChI is InChI=1S/C24H30N4O2/c1-2-22-9-23(30-27-22)15-29-24-7-6-17(21-10-25-16-26-11-21)8-20(24)14-28-12-18-4-3-5-19(18)13-28/h6-8,10-11,16,18-19,23H,2-5,9,12-15H2,1H3/t18-,19+,23?. The van der Waals surface area contributed by atoms with Crippen LogP contribution in [0.1, 0.15) is 44.6 Å². The van der Waals surface area contributed by atoms with Crippen LogP contribution in [0.3, 0.4) is 0 Å². The van der Waals surface area contributed by atoms with Crippen LogP contribution in [0, 0.1) is 11.8 Å². The van der Waals surface area contributed by atoms with Gasteiger partial charge in [0.15, 0.2) is 6.10 Å². The van der Waals surface area contributed by atoms with Crippen molar-refractivity contribution in [1.29, 1.82) is 0 Å². The van der Waals surface area contributed by atoms with Gasteiger partial charge in [-0.25, -0.2) is 9.97 Å². The van der Waals surface area contributed by atoms with Gasteiger partial charge < -0.3 is 9.57 Å². The minimum absolute atomic E-state index is 0.0149. The van der Waals surface area contributed by atoms with Crippen molar-refractivity contribution < 1.29 is 9.57 Å². The van der Waals surface area contributed by atoms with Gasteiger partial charge in [-0.2, -0.15) is 0 Å². The number of aromatic nitrogens is 2.